The number of carboxylic acids is 1. The number of hydrogen-bond acceptors (Lipinski definition) is 4. The van der Waals surface area contributed by atoms with Crippen molar-refractivity contribution >= 4 is 21.9 Å². The Kier molecular flexibility index (Phi) is 7.35. The molecule has 146 valence electrons. The summed E-state index contributed by atoms with van der Waals surface area (Å²) in [6.07, 6.45) is -0.0950. The summed E-state index contributed by atoms with van der Waals surface area (Å²) in [4.78, 5) is 24.2. The summed E-state index contributed by atoms with van der Waals surface area (Å²) in [6, 6.07) is 0. The lowest BCUT2D eigenvalue weighted by Gasteiger charge is -2.20. The zero-order valence-electron chi connectivity index (χ0n) is 16.3. The van der Waals surface area contributed by atoms with E-state index in [0.717, 1.165) is 16.7 Å². The van der Waals surface area contributed by atoms with E-state index in [9.17, 15) is 18.0 Å². The van der Waals surface area contributed by atoms with Gasteiger partial charge in [-0.2, -0.15) is 0 Å². The lowest BCUT2D eigenvalue weighted by atomic mass is 9.95. The first kappa shape index (κ1) is 22.1. The van der Waals surface area contributed by atoms with Gasteiger partial charge in [0.15, 0.2) is 0 Å². The summed E-state index contributed by atoms with van der Waals surface area (Å²) in [5.74, 6) is -1.50. The third kappa shape index (κ3) is 4.82. The van der Waals surface area contributed by atoms with Crippen LogP contribution in [0.5, 0.6) is 0 Å². The van der Waals surface area contributed by atoms with Gasteiger partial charge in [-0.1, -0.05) is 0 Å². The van der Waals surface area contributed by atoms with E-state index in [1.165, 1.54) is 4.90 Å². The van der Waals surface area contributed by atoms with Gasteiger partial charge in [-0.05, 0) is 69.4 Å². The third-order valence-corrected chi connectivity index (χ3v) is 6.63. The van der Waals surface area contributed by atoms with Crippen LogP contribution in [0.2, 0.25) is 0 Å². The molecule has 7 nitrogen and oxygen atoms in total. The van der Waals surface area contributed by atoms with Crippen LogP contribution in [-0.2, 0) is 19.6 Å². The molecule has 0 radical (unpaired) electrons. The fourth-order valence-electron chi connectivity index (χ4n) is 2.93. The number of sulfonamides is 1. The Morgan fingerprint density at radius 3 is 1.85 bits per heavy atom. The second-order valence-corrected chi connectivity index (χ2v) is 8.11. The number of benzene rings is 1. The molecule has 1 aromatic carbocycles. The Bertz CT molecular complexity index is 786. The Morgan fingerprint density at radius 1 is 0.962 bits per heavy atom. The number of rotatable bonds is 8. The molecule has 0 unspecified atom stereocenters. The van der Waals surface area contributed by atoms with Crippen LogP contribution in [0.25, 0.3) is 0 Å². The van der Waals surface area contributed by atoms with Crippen LogP contribution in [0.1, 0.15) is 41.2 Å². The molecule has 0 saturated carbocycles. The van der Waals surface area contributed by atoms with E-state index in [1.54, 1.807) is 20.8 Å². The normalized spacial score (nSPS) is 11.5. The number of aliphatic carboxylic acids is 1. The molecule has 0 fully saturated rings. The smallest absolute Gasteiger partial charge is 0.323 e. The Morgan fingerprint density at radius 2 is 1.42 bits per heavy atom. The maximum atomic E-state index is 12.8. The van der Waals surface area contributed by atoms with Gasteiger partial charge in [0.05, 0.1) is 4.90 Å². The second-order valence-electron chi connectivity index (χ2n) is 6.40. The molecule has 0 bridgehead atoms. The monoisotopic (exact) mass is 384 g/mol. The molecule has 0 aromatic heterocycles. The lowest BCUT2D eigenvalue weighted by Crippen LogP contribution is -2.37. The van der Waals surface area contributed by atoms with Gasteiger partial charge in [0.2, 0.25) is 15.9 Å². The molecule has 1 aromatic rings. The largest absolute Gasteiger partial charge is 0.480 e. The molecule has 2 N–H and O–H groups in total. The number of carboxylic acid groups (broad SMARTS) is 1. The minimum absolute atomic E-state index is 0.0812. The van der Waals surface area contributed by atoms with Crippen molar-refractivity contribution in [3.63, 3.8) is 0 Å². The maximum absolute atomic E-state index is 12.8. The number of likely N-dealkylation sites (N-methyl/N-ethyl adjacent to an activating group) is 1. The summed E-state index contributed by atoms with van der Waals surface area (Å²) in [7, 11) is -3.77. The molecular weight excluding hydrogens is 356 g/mol. The molecule has 1 amide bonds. The highest BCUT2D eigenvalue weighted by atomic mass is 32.2. The predicted molar refractivity (Wildman–Crippen MR) is 99.8 cm³/mol. The third-order valence-electron chi connectivity index (χ3n) is 4.89. The Balaban J connectivity index is 2.95. The van der Waals surface area contributed by atoms with Crippen LogP contribution in [-0.4, -0.2) is 49.9 Å². The van der Waals surface area contributed by atoms with Crippen molar-refractivity contribution in [2.75, 3.05) is 19.6 Å². The fourth-order valence-corrected chi connectivity index (χ4v) is 4.56. The molecule has 0 heterocycles. The molecule has 0 aliphatic heterocycles. The molecular formula is C18H28N2O5S. The number of nitrogens with zero attached hydrogens (tertiary/aromatic N) is 1. The summed E-state index contributed by atoms with van der Waals surface area (Å²) < 4.78 is 28.0. The molecule has 0 aliphatic carbocycles. The molecule has 1 rings (SSSR count). The van der Waals surface area contributed by atoms with Gasteiger partial charge < -0.3 is 10.0 Å². The van der Waals surface area contributed by atoms with Crippen LogP contribution in [0.4, 0.5) is 0 Å². The number of hydrogen-bond donors (Lipinski definition) is 2. The van der Waals surface area contributed by atoms with Crippen molar-refractivity contribution in [3.05, 3.63) is 27.8 Å². The molecule has 0 spiro atoms. The van der Waals surface area contributed by atoms with Crippen molar-refractivity contribution in [1.29, 1.82) is 0 Å². The lowest BCUT2D eigenvalue weighted by molar-refractivity contribution is -0.144. The second kappa shape index (κ2) is 8.64. The van der Waals surface area contributed by atoms with E-state index in [2.05, 4.69) is 4.72 Å². The van der Waals surface area contributed by atoms with Gasteiger partial charge in [0.1, 0.15) is 6.54 Å². The molecule has 0 atom stereocenters. The van der Waals surface area contributed by atoms with Crippen molar-refractivity contribution in [1.82, 2.24) is 9.62 Å². The number of nitrogens with one attached hydrogen (secondary N) is 1. The zero-order chi connectivity index (χ0) is 20.2. The zero-order valence-corrected chi connectivity index (χ0v) is 17.1. The van der Waals surface area contributed by atoms with Crippen LogP contribution >= 0.6 is 0 Å². The summed E-state index contributed by atoms with van der Waals surface area (Å²) >= 11 is 0. The summed E-state index contributed by atoms with van der Waals surface area (Å²) in [5, 5.41) is 8.80. The number of amides is 1. The summed E-state index contributed by atoms with van der Waals surface area (Å²) in [5.41, 5.74) is 4.34. The predicted octanol–water partition coefficient (Wildman–Crippen LogP) is 1.83. The van der Waals surface area contributed by atoms with Crippen LogP contribution in [0.3, 0.4) is 0 Å². The van der Waals surface area contributed by atoms with Crippen molar-refractivity contribution in [2.24, 2.45) is 0 Å². The molecule has 26 heavy (non-hydrogen) atoms. The van der Waals surface area contributed by atoms with Crippen molar-refractivity contribution in [2.45, 2.75) is 52.9 Å². The van der Waals surface area contributed by atoms with Gasteiger partial charge in [-0.3, -0.25) is 9.59 Å². The minimum Gasteiger partial charge on any atom is -0.480 e. The van der Waals surface area contributed by atoms with E-state index >= 15 is 0 Å². The van der Waals surface area contributed by atoms with Gasteiger partial charge in [-0.25, -0.2) is 13.1 Å². The van der Waals surface area contributed by atoms with E-state index in [0.29, 0.717) is 11.1 Å². The average Bonchev–Trinajstić information content (AvgIpc) is 2.55. The summed E-state index contributed by atoms with van der Waals surface area (Å²) in [6.45, 7) is 10.8. The topological polar surface area (TPSA) is 104 Å². The van der Waals surface area contributed by atoms with Gasteiger partial charge in [-0.15, -0.1) is 0 Å². The number of carbonyl (C=O) groups is 2. The number of carbonyl (C=O) groups excluding carboxylic acids is 1. The SMILES string of the molecule is CCN(CC(=O)O)C(=O)CCNS(=O)(=O)c1c(C)c(C)c(C)c(C)c1C. The molecule has 8 heteroatoms. The van der Waals surface area contributed by atoms with Crippen molar-refractivity contribution < 1.29 is 23.1 Å². The van der Waals surface area contributed by atoms with E-state index in [4.69, 9.17) is 5.11 Å². The fraction of sp³-hybridized carbons (Fsp3) is 0.556. The highest BCUT2D eigenvalue weighted by molar-refractivity contribution is 7.89. The molecule has 0 aliphatic rings. The minimum atomic E-state index is -3.77. The molecule has 0 saturated heterocycles. The van der Waals surface area contributed by atoms with E-state index < -0.39 is 28.4 Å². The van der Waals surface area contributed by atoms with E-state index in [-0.39, 0.29) is 24.4 Å². The van der Waals surface area contributed by atoms with Crippen LogP contribution in [0, 0.1) is 34.6 Å². The first-order chi connectivity index (χ1) is 11.9. The van der Waals surface area contributed by atoms with Crippen molar-refractivity contribution in [3.8, 4) is 0 Å². The maximum Gasteiger partial charge on any atom is 0.323 e. The standard InChI is InChI=1S/C18H28N2O5S/c1-7-20(10-17(22)23)16(21)8-9-19-26(24,25)18-14(5)12(3)11(2)13(4)15(18)6/h19H,7-10H2,1-6H3,(H,22,23). The Labute approximate surface area is 155 Å². The Hall–Kier alpha value is -1.93. The highest BCUT2D eigenvalue weighted by Gasteiger charge is 2.24. The first-order valence-electron chi connectivity index (χ1n) is 8.50. The quantitative estimate of drug-likeness (QED) is 0.712. The average molecular weight is 384 g/mol. The van der Waals surface area contributed by atoms with Crippen LogP contribution < -0.4 is 4.72 Å². The highest BCUT2D eigenvalue weighted by Crippen LogP contribution is 2.29. The van der Waals surface area contributed by atoms with Gasteiger partial charge in [0, 0.05) is 19.5 Å². The van der Waals surface area contributed by atoms with Crippen LogP contribution in [0.15, 0.2) is 4.90 Å². The van der Waals surface area contributed by atoms with E-state index in [1.807, 2.05) is 20.8 Å². The van der Waals surface area contributed by atoms with Gasteiger partial charge >= 0.3 is 5.97 Å². The van der Waals surface area contributed by atoms with Gasteiger partial charge in [0.25, 0.3) is 0 Å². The first-order valence-corrected chi connectivity index (χ1v) is 9.98.